The summed E-state index contributed by atoms with van der Waals surface area (Å²) in [4.78, 5) is 43.0. The third kappa shape index (κ3) is 10.6. The van der Waals surface area contributed by atoms with Crippen molar-refractivity contribution in [1.29, 1.82) is 0 Å². The van der Waals surface area contributed by atoms with Gasteiger partial charge in [-0.25, -0.2) is 4.79 Å². The molecule has 0 saturated carbocycles. The zero-order valence-corrected chi connectivity index (χ0v) is 26.5. The van der Waals surface area contributed by atoms with E-state index in [1.165, 1.54) is 0 Å². The van der Waals surface area contributed by atoms with Gasteiger partial charge in [0.25, 0.3) is 5.91 Å². The topological polar surface area (TPSA) is 87.7 Å². The molecule has 42 heavy (non-hydrogen) atoms. The van der Waals surface area contributed by atoms with Gasteiger partial charge < -0.3 is 20.3 Å². The fourth-order valence-corrected chi connectivity index (χ4v) is 4.79. The summed E-state index contributed by atoms with van der Waals surface area (Å²) in [6, 6.07) is 12.8. The van der Waals surface area contributed by atoms with E-state index in [1.807, 2.05) is 57.2 Å². The first-order valence-electron chi connectivity index (χ1n) is 15.1. The third-order valence-corrected chi connectivity index (χ3v) is 7.01. The zero-order valence-electron chi connectivity index (χ0n) is 26.5. The minimum atomic E-state index is -1.01. The van der Waals surface area contributed by atoms with E-state index >= 15 is 0 Å². The lowest BCUT2D eigenvalue weighted by molar-refractivity contribution is -0.141. The van der Waals surface area contributed by atoms with Crippen molar-refractivity contribution < 1.29 is 19.1 Å². The number of aryl methyl sites for hydroxylation is 1. The van der Waals surface area contributed by atoms with Gasteiger partial charge in [-0.15, -0.1) is 6.42 Å². The normalized spacial score (nSPS) is 12.6. The molecule has 0 fully saturated rings. The maximum absolute atomic E-state index is 14.4. The number of anilines is 1. The molecule has 0 aromatic heterocycles. The number of hydrogen-bond donors (Lipinski definition) is 2. The second-order valence-electron chi connectivity index (χ2n) is 12.1. The smallest absolute Gasteiger partial charge is 0.408 e. The lowest BCUT2D eigenvalue weighted by atomic mass is 9.95. The van der Waals surface area contributed by atoms with E-state index in [2.05, 4.69) is 23.5 Å². The summed E-state index contributed by atoms with van der Waals surface area (Å²) in [5.74, 6) is 1.70. The van der Waals surface area contributed by atoms with Crippen LogP contribution in [0.25, 0.3) is 0 Å². The number of benzene rings is 2. The van der Waals surface area contributed by atoms with Crippen LogP contribution < -0.4 is 10.6 Å². The van der Waals surface area contributed by atoms with E-state index in [1.54, 1.807) is 37.8 Å². The zero-order chi connectivity index (χ0) is 31.3. The Bertz CT molecular complexity index is 1230. The summed E-state index contributed by atoms with van der Waals surface area (Å²) >= 11 is 0. The van der Waals surface area contributed by atoms with Crippen molar-refractivity contribution in [2.24, 2.45) is 5.92 Å². The van der Waals surface area contributed by atoms with Gasteiger partial charge in [0, 0.05) is 17.8 Å². The highest BCUT2D eigenvalue weighted by Crippen LogP contribution is 2.29. The Kier molecular flexibility index (Phi) is 13.6. The van der Waals surface area contributed by atoms with Crippen molar-refractivity contribution in [2.75, 3.05) is 11.9 Å². The summed E-state index contributed by atoms with van der Waals surface area (Å²) < 4.78 is 5.48. The fraction of sp³-hybridized carbons (Fsp3) is 0.514. The number of carbonyl (C=O) groups is 3. The SMILES string of the molecule is C#Cc1ccccc1C(C(=O)Nc1ccccc1C)N(CCCCCCCC)C(=O)C(NC(=O)OC(C)(C)C)C(C)C. The van der Waals surface area contributed by atoms with E-state index in [0.717, 1.165) is 37.7 Å². The van der Waals surface area contributed by atoms with E-state index in [-0.39, 0.29) is 17.7 Å². The second-order valence-corrected chi connectivity index (χ2v) is 12.1. The molecule has 0 aliphatic heterocycles. The molecule has 0 bridgehead atoms. The molecule has 2 N–H and O–H groups in total. The average Bonchev–Trinajstić information content (AvgIpc) is 2.92. The number of amides is 3. The number of nitrogens with zero attached hydrogens (tertiary/aromatic N) is 1. The summed E-state index contributed by atoms with van der Waals surface area (Å²) in [6.07, 6.45) is 11.3. The summed E-state index contributed by atoms with van der Waals surface area (Å²) in [6.45, 7) is 13.4. The molecular formula is C35H49N3O4. The highest BCUT2D eigenvalue weighted by Gasteiger charge is 2.38. The van der Waals surface area contributed by atoms with E-state index < -0.39 is 23.8 Å². The van der Waals surface area contributed by atoms with Gasteiger partial charge in [-0.05, 0) is 63.3 Å². The van der Waals surface area contributed by atoms with Crippen LogP contribution in [-0.2, 0) is 14.3 Å². The Labute approximate surface area is 252 Å². The molecule has 2 unspecified atom stereocenters. The maximum atomic E-state index is 14.4. The number of alkyl carbamates (subject to hydrolysis) is 1. The number of rotatable bonds is 14. The van der Waals surface area contributed by atoms with Crippen molar-refractivity contribution >= 4 is 23.6 Å². The monoisotopic (exact) mass is 575 g/mol. The van der Waals surface area contributed by atoms with Gasteiger partial charge in [-0.2, -0.15) is 0 Å². The van der Waals surface area contributed by atoms with Crippen LogP contribution in [0.5, 0.6) is 0 Å². The molecule has 2 aromatic rings. The molecule has 2 atom stereocenters. The molecule has 0 spiro atoms. The molecule has 3 amide bonds. The van der Waals surface area contributed by atoms with Crippen molar-refractivity contribution in [3.8, 4) is 12.3 Å². The van der Waals surface area contributed by atoms with Crippen LogP contribution in [0.3, 0.4) is 0 Å². The van der Waals surface area contributed by atoms with Gasteiger partial charge in [0.05, 0.1) is 0 Å². The van der Waals surface area contributed by atoms with Gasteiger partial charge in [0.2, 0.25) is 5.91 Å². The van der Waals surface area contributed by atoms with Crippen LogP contribution in [0.2, 0.25) is 0 Å². The van der Waals surface area contributed by atoms with Crippen molar-refractivity contribution in [3.05, 3.63) is 65.2 Å². The van der Waals surface area contributed by atoms with Crippen molar-refractivity contribution in [3.63, 3.8) is 0 Å². The van der Waals surface area contributed by atoms with E-state index in [9.17, 15) is 14.4 Å². The van der Waals surface area contributed by atoms with Crippen LogP contribution in [0.1, 0.15) is 103 Å². The number of carbonyl (C=O) groups excluding carboxylic acids is 3. The molecule has 2 rings (SSSR count). The Hall–Kier alpha value is -3.79. The van der Waals surface area contributed by atoms with Gasteiger partial charge >= 0.3 is 6.09 Å². The van der Waals surface area contributed by atoms with Gasteiger partial charge in [0.15, 0.2) is 0 Å². The minimum absolute atomic E-state index is 0.264. The first-order chi connectivity index (χ1) is 19.9. The third-order valence-electron chi connectivity index (χ3n) is 7.01. The first kappa shape index (κ1) is 34.4. The lowest BCUT2D eigenvalue weighted by Crippen LogP contribution is -2.54. The van der Waals surface area contributed by atoms with Crippen LogP contribution in [0.4, 0.5) is 10.5 Å². The first-order valence-corrected chi connectivity index (χ1v) is 15.1. The van der Waals surface area contributed by atoms with E-state index in [4.69, 9.17) is 11.2 Å². The Morgan fingerprint density at radius 2 is 1.57 bits per heavy atom. The Morgan fingerprint density at radius 1 is 0.952 bits per heavy atom. The molecular weight excluding hydrogens is 526 g/mol. The number of terminal acetylenes is 1. The quantitative estimate of drug-likeness (QED) is 0.182. The predicted molar refractivity (Wildman–Crippen MR) is 170 cm³/mol. The number of nitrogens with one attached hydrogen (secondary N) is 2. The molecule has 0 heterocycles. The molecule has 7 nitrogen and oxygen atoms in total. The highest BCUT2D eigenvalue weighted by molar-refractivity contribution is 5.99. The standard InChI is InChI=1S/C35H49N3O4/c1-9-11-12-13-14-19-24-38(33(40)30(25(3)4)37-34(41)42-35(6,7)8)31(28-22-17-16-21-27(28)10-2)32(39)36-29-23-18-15-20-26(29)5/h2,15-18,20-23,25,30-31H,9,11-14,19,24H2,1,3-8H3,(H,36,39)(H,37,41). The Balaban J connectivity index is 2.56. The molecule has 2 aromatic carbocycles. The number of para-hydroxylation sites is 1. The largest absolute Gasteiger partial charge is 0.444 e. The lowest BCUT2D eigenvalue weighted by Gasteiger charge is -2.36. The Morgan fingerprint density at radius 3 is 2.19 bits per heavy atom. The molecule has 228 valence electrons. The summed E-state index contributed by atoms with van der Waals surface area (Å²) in [7, 11) is 0. The fourth-order valence-electron chi connectivity index (χ4n) is 4.79. The maximum Gasteiger partial charge on any atom is 0.408 e. The molecule has 0 saturated heterocycles. The number of ether oxygens (including phenoxy) is 1. The van der Waals surface area contributed by atoms with Crippen molar-refractivity contribution in [1.82, 2.24) is 10.2 Å². The number of hydrogen-bond acceptors (Lipinski definition) is 4. The van der Waals surface area contributed by atoms with Gasteiger partial charge in [-0.3, -0.25) is 9.59 Å². The predicted octanol–water partition coefficient (Wildman–Crippen LogP) is 7.39. The van der Waals surface area contributed by atoms with Crippen LogP contribution in [-0.4, -0.2) is 41.0 Å². The van der Waals surface area contributed by atoms with Crippen molar-refractivity contribution in [2.45, 2.75) is 105 Å². The molecule has 0 aliphatic rings. The van der Waals surface area contributed by atoms with Crippen LogP contribution >= 0.6 is 0 Å². The van der Waals surface area contributed by atoms with Gasteiger partial charge in [-0.1, -0.05) is 95.2 Å². The average molecular weight is 576 g/mol. The van der Waals surface area contributed by atoms with Crippen LogP contribution in [0.15, 0.2) is 48.5 Å². The highest BCUT2D eigenvalue weighted by atomic mass is 16.6. The minimum Gasteiger partial charge on any atom is -0.444 e. The molecule has 0 aliphatic carbocycles. The molecule has 0 radical (unpaired) electrons. The summed E-state index contributed by atoms with van der Waals surface area (Å²) in [5, 5.41) is 5.82. The van der Waals surface area contributed by atoms with E-state index in [0.29, 0.717) is 29.8 Å². The number of unbranched alkanes of at least 4 members (excludes halogenated alkanes) is 5. The summed E-state index contributed by atoms with van der Waals surface area (Å²) in [5.41, 5.74) is 1.92. The molecule has 7 heteroatoms. The second kappa shape index (κ2) is 16.6. The van der Waals surface area contributed by atoms with Crippen LogP contribution in [0, 0.1) is 25.2 Å². The van der Waals surface area contributed by atoms with Gasteiger partial charge in [0.1, 0.15) is 17.7 Å².